The van der Waals surface area contributed by atoms with E-state index in [1.165, 1.54) is 24.3 Å². The van der Waals surface area contributed by atoms with Gasteiger partial charge in [0.15, 0.2) is 0 Å². The van der Waals surface area contributed by atoms with Gasteiger partial charge in [-0.15, -0.1) is 0 Å². The van der Waals surface area contributed by atoms with Crippen molar-refractivity contribution in [3.63, 3.8) is 0 Å². The molecule has 1 saturated heterocycles. The molecule has 1 aliphatic rings. The maximum atomic E-state index is 14.6. The van der Waals surface area contributed by atoms with Gasteiger partial charge in [-0.05, 0) is 36.8 Å². The van der Waals surface area contributed by atoms with Crippen LogP contribution in [0.1, 0.15) is 22.7 Å². The largest absolute Gasteiger partial charge is 0.508 e. The van der Waals surface area contributed by atoms with Gasteiger partial charge in [-0.1, -0.05) is 42.0 Å². The Morgan fingerprint density at radius 2 is 1.68 bits per heavy atom. The number of phenols is 1. The van der Waals surface area contributed by atoms with Crippen molar-refractivity contribution in [3.05, 3.63) is 101 Å². The number of aryl methyl sites for hydroxylation is 1. The number of anilines is 1. The summed E-state index contributed by atoms with van der Waals surface area (Å²) in [7, 11) is 0. The molecule has 2 N–H and O–H groups in total. The Morgan fingerprint density at radius 1 is 0.968 bits per heavy atom. The van der Waals surface area contributed by atoms with Crippen LogP contribution in [0.25, 0.3) is 5.76 Å². The molecule has 3 aromatic carbocycles. The first-order valence-corrected chi connectivity index (χ1v) is 9.40. The highest BCUT2D eigenvalue weighted by molar-refractivity contribution is 6.51. The number of aromatic hydroxyl groups is 1. The third-order valence-corrected chi connectivity index (χ3v) is 5.12. The van der Waals surface area contributed by atoms with Crippen molar-refractivity contribution in [1.82, 2.24) is 0 Å². The lowest BCUT2D eigenvalue weighted by Gasteiger charge is -2.25. The van der Waals surface area contributed by atoms with Crippen LogP contribution in [-0.2, 0) is 9.59 Å². The van der Waals surface area contributed by atoms with Gasteiger partial charge in [0.05, 0.1) is 17.3 Å². The number of aliphatic hydroxyl groups excluding tert-OH is 1. The van der Waals surface area contributed by atoms with Crippen molar-refractivity contribution in [2.24, 2.45) is 0 Å². The number of carbonyl (C=O) groups excluding carboxylic acids is 2. The lowest BCUT2D eigenvalue weighted by Crippen LogP contribution is -2.30. The number of aliphatic hydroxyl groups is 1. The number of phenolic OH excluding ortho intramolecular Hbond substituents is 1. The molecule has 5 nitrogen and oxygen atoms in total. The van der Waals surface area contributed by atoms with Crippen molar-refractivity contribution in [1.29, 1.82) is 0 Å². The zero-order chi connectivity index (χ0) is 22.3. The van der Waals surface area contributed by atoms with E-state index in [0.29, 0.717) is 11.6 Å². The van der Waals surface area contributed by atoms with Crippen LogP contribution in [-0.4, -0.2) is 21.9 Å². The highest BCUT2D eigenvalue weighted by Crippen LogP contribution is 2.43. The first-order chi connectivity index (χ1) is 14.8. The summed E-state index contributed by atoms with van der Waals surface area (Å²) in [6, 6.07) is 13.8. The van der Waals surface area contributed by atoms with Crippen molar-refractivity contribution in [2.75, 3.05) is 4.90 Å². The second kappa shape index (κ2) is 7.68. The van der Waals surface area contributed by atoms with Gasteiger partial charge < -0.3 is 10.2 Å². The topological polar surface area (TPSA) is 77.8 Å². The van der Waals surface area contributed by atoms with Crippen LogP contribution in [0.3, 0.4) is 0 Å². The summed E-state index contributed by atoms with van der Waals surface area (Å²) in [4.78, 5) is 26.7. The summed E-state index contributed by atoms with van der Waals surface area (Å²) in [6.45, 7) is 1.85. The summed E-state index contributed by atoms with van der Waals surface area (Å²) in [5.74, 6) is -4.55. The van der Waals surface area contributed by atoms with Gasteiger partial charge in [0, 0.05) is 11.6 Å². The molecular weight excluding hydrogens is 404 g/mol. The number of hydrogen-bond donors (Lipinski definition) is 2. The average molecular weight is 421 g/mol. The van der Waals surface area contributed by atoms with Crippen molar-refractivity contribution >= 4 is 23.1 Å². The number of halogens is 2. The number of nitrogens with zero attached hydrogens (tertiary/aromatic N) is 1. The van der Waals surface area contributed by atoms with E-state index in [9.17, 15) is 28.6 Å². The molecule has 4 rings (SSSR count). The van der Waals surface area contributed by atoms with E-state index in [0.717, 1.165) is 22.6 Å². The number of hydrogen-bond acceptors (Lipinski definition) is 4. The number of amides is 1. The summed E-state index contributed by atoms with van der Waals surface area (Å²) in [5.41, 5.74) is 0.919. The van der Waals surface area contributed by atoms with E-state index in [1.807, 2.05) is 6.92 Å². The average Bonchev–Trinajstić information content (AvgIpc) is 2.99. The molecule has 0 aromatic heterocycles. The smallest absolute Gasteiger partial charge is 0.300 e. The molecular formula is C24H17F2NO4. The van der Waals surface area contributed by atoms with E-state index < -0.39 is 35.1 Å². The highest BCUT2D eigenvalue weighted by atomic mass is 19.1. The van der Waals surface area contributed by atoms with Gasteiger partial charge in [-0.2, -0.15) is 0 Å². The Balaban J connectivity index is 1.98. The van der Waals surface area contributed by atoms with Crippen LogP contribution in [0.4, 0.5) is 14.5 Å². The Morgan fingerprint density at radius 3 is 2.32 bits per heavy atom. The van der Waals surface area contributed by atoms with E-state index in [4.69, 9.17) is 0 Å². The van der Waals surface area contributed by atoms with Crippen LogP contribution in [0.15, 0.2) is 72.3 Å². The fourth-order valence-electron chi connectivity index (χ4n) is 3.63. The Bertz CT molecular complexity index is 1230. The van der Waals surface area contributed by atoms with Crippen LogP contribution >= 0.6 is 0 Å². The lowest BCUT2D eigenvalue weighted by atomic mass is 9.94. The second-order valence-electron chi connectivity index (χ2n) is 7.23. The van der Waals surface area contributed by atoms with Gasteiger partial charge in [-0.25, -0.2) is 8.78 Å². The molecule has 0 aliphatic carbocycles. The quantitative estimate of drug-likeness (QED) is 0.368. The first kappa shape index (κ1) is 20.3. The second-order valence-corrected chi connectivity index (χ2v) is 7.23. The van der Waals surface area contributed by atoms with Gasteiger partial charge in [0.25, 0.3) is 11.7 Å². The molecule has 0 radical (unpaired) electrons. The maximum Gasteiger partial charge on any atom is 0.300 e. The number of carbonyl (C=O) groups is 2. The minimum atomic E-state index is -1.23. The zero-order valence-corrected chi connectivity index (χ0v) is 16.3. The molecule has 156 valence electrons. The Labute approximate surface area is 176 Å². The summed E-state index contributed by atoms with van der Waals surface area (Å²) < 4.78 is 28.0. The Kier molecular flexibility index (Phi) is 5.02. The molecule has 1 atom stereocenters. The maximum absolute atomic E-state index is 14.6. The number of benzene rings is 3. The van der Waals surface area contributed by atoms with E-state index in [2.05, 4.69) is 0 Å². The molecule has 7 heteroatoms. The van der Waals surface area contributed by atoms with Crippen LogP contribution in [0.2, 0.25) is 0 Å². The van der Waals surface area contributed by atoms with Gasteiger partial charge in [-0.3, -0.25) is 14.5 Å². The molecule has 1 aliphatic heterocycles. The van der Waals surface area contributed by atoms with Gasteiger partial charge in [0.1, 0.15) is 23.1 Å². The molecule has 1 amide bonds. The van der Waals surface area contributed by atoms with Crippen molar-refractivity contribution in [2.45, 2.75) is 13.0 Å². The minimum Gasteiger partial charge on any atom is -0.508 e. The minimum absolute atomic E-state index is 0.141. The Hall–Kier alpha value is -4.00. The van der Waals surface area contributed by atoms with Crippen molar-refractivity contribution in [3.8, 4) is 5.75 Å². The molecule has 0 saturated carbocycles. The van der Waals surface area contributed by atoms with Crippen molar-refractivity contribution < 1.29 is 28.6 Å². The molecule has 1 heterocycles. The van der Waals surface area contributed by atoms with Gasteiger partial charge >= 0.3 is 0 Å². The monoisotopic (exact) mass is 421 g/mol. The predicted molar refractivity (Wildman–Crippen MR) is 110 cm³/mol. The number of Topliss-reactive ketones (excluding diaryl/α,β-unsaturated/α-hetero) is 1. The SMILES string of the molecule is Cc1ccc(/C(O)=C2\C(=O)C(=O)N(c3ccc(F)cc3F)C2c2cccc(O)c2)cc1. The predicted octanol–water partition coefficient (Wildman–Crippen LogP) is 4.61. The third kappa shape index (κ3) is 3.54. The number of rotatable bonds is 3. The lowest BCUT2D eigenvalue weighted by molar-refractivity contribution is -0.132. The molecule has 31 heavy (non-hydrogen) atoms. The molecule has 1 fully saturated rings. The fraction of sp³-hybridized carbons (Fsp3) is 0.0833. The first-order valence-electron chi connectivity index (χ1n) is 9.40. The standard InChI is InChI=1S/C24H17F2NO4/c1-13-5-7-14(8-6-13)22(29)20-21(15-3-2-4-17(28)11-15)27(24(31)23(20)30)19-10-9-16(25)12-18(19)26/h2-12,21,28-29H,1H3/b22-20+. The zero-order valence-electron chi connectivity index (χ0n) is 16.3. The highest BCUT2D eigenvalue weighted by Gasteiger charge is 2.47. The summed E-state index contributed by atoms with van der Waals surface area (Å²) >= 11 is 0. The molecule has 0 spiro atoms. The van der Waals surface area contributed by atoms with E-state index >= 15 is 0 Å². The number of ketones is 1. The summed E-state index contributed by atoms with van der Waals surface area (Å²) in [6.07, 6.45) is 0. The summed E-state index contributed by atoms with van der Waals surface area (Å²) in [5, 5.41) is 20.9. The molecule has 1 unspecified atom stereocenters. The van der Waals surface area contributed by atoms with Crippen LogP contribution < -0.4 is 4.90 Å². The normalized spacial score (nSPS) is 17.9. The third-order valence-electron chi connectivity index (χ3n) is 5.12. The molecule has 3 aromatic rings. The van der Waals surface area contributed by atoms with Crippen LogP contribution in [0, 0.1) is 18.6 Å². The van der Waals surface area contributed by atoms with Gasteiger partial charge in [0.2, 0.25) is 0 Å². The van der Waals surface area contributed by atoms with Crippen LogP contribution in [0.5, 0.6) is 5.75 Å². The van der Waals surface area contributed by atoms with E-state index in [1.54, 1.807) is 24.3 Å². The fourth-order valence-corrected chi connectivity index (χ4v) is 3.63. The van der Waals surface area contributed by atoms with E-state index in [-0.39, 0.29) is 22.6 Å². The molecule has 0 bridgehead atoms.